The maximum absolute atomic E-state index is 11.2. The number of carbonyl (C=O) groups excluding carboxylic acids is 2. The molecule has 1 fully saturated rings. The van der Waals surface area contributed by atoms with Crippen LogP contribution in [0, 0.1) is 0 Å². The van der Waals surface area contributed by atoms with E-state index in [-0.39, 0.29) is 23.2 Å². The summed E-state index contributed by atoms with van der Waals surface area (Å²) >= 11 is 3.21. The van der Waals surface area contributed by atoms with E-state index in [1.54, 1.807) is 0 Å². The van der Waals surface area contributed by atoms with Crippen LogP contribution >= 0.6 is 15.9 Å². The zero-order valence-electron chi connectivity index (χ0n) is 6.75. The van der Waals surface area contributed by atoms with Crippen molar-refractivity contribution in [1.29, 1.82) is 0 Å². The second kappa shape index (κ2) is 3.89. The lowest BCUT2D eigenvalue weighted by molar-refractivity contribution is -0.145. The Labute approximate surface area is 79.0 Å². The van der Waals surface area contributed by atoms with Crippen molar-refractivity contribution < 1.29 is 14.3 Å². The Balaban J connectivity index is 2.44. The van der Waals surface area contributed by atoms with Crippen LogP contribution in [0.5, 0.6) is 0 Å². The van der Waals surface area contributed by atoms with Crippen molar-refractivity contribution >= 4 is 27.8 Å². The molecule has 0 aromatic heterocycles. The normalized spacial score (nSPS) is 23.0. The number of amides is 1. The molecule has 5 heteroatoms. The van der Waals surface area contributed by atoms with Gasteiger partial charge in [0.05, 0.1) is 11.9 Å². The van der Waals surface area contributed by atoms with Gasteiger partial charge < -0.3 is 9.64 Å². The number of alkyl halides is 1. The number of halogens is 1. The lowest BCUT2D eigenvalue weighted by Crippen LogP contribution is -2.33. The molecule has 0 aliphatic carbocycles. The van der Waals surface area contributed by atoms with Gasteiger partial charge in [0.15, 0.2) is 0 Å². The van der Waals surface area contributed by atoms with Crippen LogP contribution in [0.15, 0.2) is 0 Å². The first-order chi connectivity index (χ1) is 5.65. The minimum absolute atomic E-state index is 0.0274. The topological polar surface area (TPSA) is 46.6 Å². The van der Waals surface area contributed by atoms with Crippen molar-refractivity contribution in [2.24, 2.45) is 0 Å². The number of ether oxygens (including phenoxy) is 1. The molecule has 1 heterocycles. The van der Waals surface area contributed by atoms with E-state index in [0.29, 0.717) is 6.54 Å². The summed E-state index contributed by atoms with van der Waals surface area (Å²) in [6, 6.07) is 0. The summed E-state index contributed by atoms with van der Waals surface area (Å²) in [6.07, 6.45) is 0.760. The SMILES string of the molecule is COC(=O)CN1CCC(Br)C1=O. The fourth-order valence-corrected chi connectivity index (χ4v) is 1.57. The Morgan fingerprint density at radius 1 is 1.83 bits per heavy atom. The molecule has 0 bridgehead atoms. The molecule has 0 N–H and O–H groups in total. The first kappa shape index (κ1) is 9.51. The number of likely N-dealkylation sites (tertiary alicyclic amines) is 1. The quantitative estimate of drug-likeness (QED) is 0.506. The highest BCUT2D eigenvalue weighted by Gasteiger charge is 2.30. The molecule has 4 nitrogen and oxygen atoms in total. The smallest absolute Gasteiger partial charge is 0.325 e. The average Bonchev–Trinajstić information content (AvgIpc) is 2.36. The third-order valence-corrected chi connectivity index (χ3v) is 2.63. The van der Waals surface area contributed by atoms with Gasteiger partial charge in [0.2, 0.25) is 5.91 Å². The predicted octanol–water partition coefficient (Wildman–Crippen LogP) is 0.155. The fourth-order valence-electron chi connectivity index (χ4n) is 1.08. The van der Waals surface area contributed by atoms with Gasteiger partial charge in [-0.15, -0.1) is 0 Å². The van der Waals surface area contributed by atoms with Gasteiger partial charge in [0.25, 0.3) is 0 Å². The Kier molecular flexibility index (Phi) is 3.08. The minimum Gasteiger partial charge on any atom is -0.468 e. The third kappa shape index (κ3) is 1.97. The van der Waals surface area contributed by atoms with E-state index in [1.165, 1.54) is 12.0 Å². The van der Waals surface area contributed by atoms with Crippen molar-refractivity contribution in [3.8, 4) is 0 Å². The molecule has 12 heavy (non-hydrogen) atoms. The monoisotopic (exact) mass is 235 g/mol. The Morgan fingerprint density at radius 3 is 2.92 bits per heavy atom. The van der Waals surface area contributed by atoms with Crippen molar-refractivity contribution in [1.82, 2.24) is 4.90 Å². The molecule has 0 radical (unpaired) electrons. The molecule has 1 aliphatic heterocycles. The molecule has 1 aliphatic rings. The summed E-state index contributed by atoms with van der Waals surface area (Å²) in [6.45, 7) is 0.696. The van der Waals surface area contributed by atoms with E-state index in [9.17, 15) is 9.59 Å². The van der Waals surface area contributed by atoms with E-state index in [4.69, 9.17) is 0 Å². The number of nitrogens with zero attached hydrogens (tertiary/aromatic N) is 1. The van der Waals surface area contributed by atoms with Crippen LogP contribution in [0.1, 0.15) is 6.42 Å². The molecule has 1 rings (SSSR count). The van der Waals surface area contributed by atoms with Gasteiger partial charge in [0, 0.05) is 6.54 Å². The van der Waals surface area contributed by atoms with Gasteiger partial charge in [-0.05, 0) is 6.42 Å². The van der Waals surface area contributed by atoms with Crippen molar-refractivity contribution in [3.05, 3.63) is 0 Å². The van der Waals surface area contributed by atoms with Crippen LogP contribution in [-0.4, -0.2) is 41.8 Å². The van der Waals surface area contributed by atoms with Gasteiger partial charge in [-0.25, -0.2) is 0 Å². The predicted molar refractivity (Wildman–Crippen MR) is 45.9 cm³/mol. The van der Waals surface area contributed by atoms with Gasteiger partial charge in [-0.3, -0.25) is 9.59 Å². The van der Waals surface area contributed by atoms with Gasteiger partial charge in [-0.1, -0.05) is 15.9 Å². The Morgan fingerprint density at radius 2 is 2.50 bits per heavy atom. The zero-order chi connectivity index (χ0) is 9.14. The van der Waals surface area contributed by atoms with Crippen LogP contribution in [0.4, 0.5) is 0 Å². The standard InChI is InChI=1S/C7H10BrNO3/c1-12-6(10)4-9-3-2-5(8)7(9)11/h5H,2-4H2,1H3. The number of methoxy groups -OCH3 is 1. The molecule has 0 aromatic rings. The summed E-state index contributed by atoms with van der Waals surface area (Å²) in [5.41, 5.74) is 0. The molecule has 1 amide bonds. The molecule has 0 spiro atoms. The molecule has 1 unspecified atom stereocenters. The summed E-state index contributed by atoms with van der Waals surface area (Å²) in [4.78, 5) is 23.4. The van der Waals surface area contributed by atoms with Crippen LogP contribution in [0.2, 0.25) is 0 Å². The van der Waals surface area contributed by atoms with Gasteiger partial charge in [-0.2, -0.15) is 0 Å². The largest absolute Gasteiger partial charge is 0.468 e. The Hall–Kier alpha value is -0.580. The lowest BCUT2D eigenvalue weighted by atomic mass is 10.4. The van der Waals surface area contributed by atoms with E-state index < -0.39 is 0 Å². The zero-order valence-corrected chi connectivity index (χ0v) is 8.33. The van der Waals surface area contributed by atoms with E-state index in [2.05, 4.69) is 20.7 Å². The molecule has 1 atom stereocenters. The van der Waals surface area contributed by atoms with Crippen LogP contribution in [0.3, 0.4) is 0 Å². The molecule has 0 saturated carbocycles. The molecular formula is C7H10BrNO3. The Bertz CT molecular complexity index is 207. The number of hydrogen-bond donors (Lipinski definition) is 0. The van der Waals surface area contributed by atoms with Crippen LogP contribution in [0.25, 0.3) is 0 Å². The fraction of sp³-hybridized carbons (Fsp3) is 0.714. The third-order valence-electron chi connectivity index (χ3n) is 1.78. The summed E-state index contributed by atoms with van der Waals surface area (Å²) in [5, 5.41) is 0. The molecule has 68 valence electrons. The average molecular weight is 236 g/mol. The van der Waals surface area contributed by atoms with Crippen molar-refractivity contribution in [2.75, 3.05) is 20.2 Å². The number of esters is 1. The molecule has 0 aromatic carbocycles. The maximum atomic E-state index is 11.2. The maximum Gasteiger partial charge on any atom is 0.325 e. The highest BCUT2D eigenvalue weighted by molar-refractivity contribution is 9.10. The van der Waals surface area contributed by atoms with Gasteiger partial charge in [0.1, 0.15) is 6.54 Å². The minimum atomic E-state index is -0.370. The van der Waals surface area contributed by atoms with E-state index in [0.717, 1.165) is 6.42 Å². The first-order valence-corrected chi connectivity index (χ1v) is 4.56. The summed E-state index contributed by atoms with van der Waals surface area (Å²) in [7, 11) is 1.31. The van der Waals surface area contributed by atoms with Crippen molar-refractivity contribution in [3.63, 3.8) is 0 Å². The number of rotatable bonds is 2. The summed E-state index contributed by atoms with van der Waals surface area (Å²) in [5.74, 6) is -0.398. The number of hydrogen-bond acceptors (Lipinski definition) is 3. The molecule has 1 saturated heterocycles. The number of carbonyl (C=O) groups is 2. The highest BCUT2D eigenvalue weighted by atomic mass is 79.9. The second-order valence-electron chi connectivity index (χ2n) is 2.59. The van der Waals surface area contributed by atoms with E-state index in [1.807, 2.05) is 0 Å². The lowest BCUT2D eigenvalue weighted by Gasteiger charge is -2.13. The van der Waals surface area contributed by atoms with Crippen LogP contribution in [-0.2, 0) is 14.3 Å². The highest BCUT2D eigenvalue weighted by Crippen LogP contribution is 2.17. The van der Waals surface area contributed by atoms with E-state index >= 15 is 0 Å². The second-order valence-corrected chi connectivity index (χ2v) is 3.70. The first-order valence-electron chi connectivity index (χ1n) is 3.65. The summed E-state index contributed by atoms with van der Waals surface area (Å²) < 4.78 is 4.45. The van der Waals surface area contributed by atoms with Gasteiger partial charge >= 0.3 is 5.97 Å². The van der Waals surface area contributed by atoms with Crippen LogP contribution < -0.4 is 0 Å². The molecular weight excluding hydrogens is 226 g/mol. The van der Waals surface area contributed by atoms with Crippen molar-refractivity contribution in [2.45, 2.75) is 11.2 Å².